The van der Waals surface area contributed by atoms with Gasteiger partial charge in [0, 0.05) is 16.3 Å². The molecule has 0 spiro atoms. The molecule has 0 bridgehead atoms. The van der Waals surface area contributed by atoms with Gasteiger partial charge in [0.2, 0.25) is 15.8 Å². The molecule has 3 rings (SSSR count). The fourth-order valence-corrected chi connectivity index (χ4v) is 5.22. The van der Waals surface area contributed by atoms with Gasteiger partial charge in [-0.15, -0.1) is 23.1 Å². The van der Waals surface area contributed by atoms with Gasteiger partial charge in [0.1, 0.15) is 0 Å². The van der Waals surface area contributed by atoms with Crippen LogP contribution in [0.1, 0.15) is 32.1 Å². The van der Waals surface area contributed by atoms with Crippen molar-refractivity contribution in [2.24, 2.45) is 0 Å². The number of ether oxygens (including phenoxy) is 1. The van der Waals surface area contributed by atoms with Gasteiger partial charge < -0.3 is 4.74 Å². The van der Waals surface area contributed by atoms with Crippen molar-refractivity contribution in [1.82, 2.24) is 4.72 Å². The number of benzene rings is 1. The van der Waals surface area contributed by atoms with Crippen LogP contribution in [0.5, 0.6) is 0 Å². The van der Waals surface area contributed by atoms with Crippen molar-refractivity contribution in [1.29, 1.82) is 0 Å². The van der Waals surface area contributed by atoms with Crippen molar-refractivity contribution in [2.45, 2.75) is 30.6 Å². The number of nitrogens with one attached hydrogen (secondary N) is 1. The van der Waals surface area contributed by atoms with Crippen molar-refractivity contribution < 1.29 is 22.7 Å². The zero-order chi connectivity index (χ0) is 20.9. The summed E-state index contributed by atoms with van der Waals surface area (Å²) in [5.41, 5.74) is 2.75. The van der Waals surface area contributed by atoms with Crippen molar-refractivity contribution in [2.75, 3.05) is 25.2 Å². The van der Waals surface area contributed by atoms with Crippen molar-refractivity contribution in [3.63, 3.8) is 0 Å². The van der Waals surface area contributed by atoms with Gasteiger partial charge in [0.15, 0.2) is 6.61 Å². The van der Waals surface area contributed by atoms with Crippen LogP contribution in [0.3, 0.4) is 0 Å². The van der Waals surface area contributed by atoms with Crippen LogP contribution in [0, 0.1) is 0 Å². The Kier molecular flexibility index (Phi) is 7.50. The van der Waals surface area contributed by atoms with Gasteiger partial charge in [-0.25, -0.2) is 13.1 Å². The van der Waals surface area contributed by atoms with Gasteiger partial charge in [0.25, 0.3) is 0 Å². The Balaban J connectivity index is 1.40. The monoisotopic (exact) mass is 453 g/mol. The number of esters is 1. The molecule has 156 valence electrons. The number of thiophene rings is 1. The number of rotatable bonds is 10. The highest BCUT2D eigenvalue weighted by Crippen LogP contribution is 2.27. The van der Waals surface area contributed by atoms with Gasteiger partial charge in [-0.2, -0.15) is 0 Å². The molecular formula is C20H23NO5S3. The van der Waals surface area contributed by atoms with E-state index in [2.05, 4.69) is 16.9 Å². The Morgan fingerprint density at radius 1 is 1.17 bits per heavy atom. The van der Waals surface area contributed by atoms with E-state index in [-0.39, 0.29) is 24.7 Å². The summed E-state index contributed by atoms with van der Waals surface area (Å²) in [5.74, 6) is -0.509. The summed E-state index contributed by atoms with van der Waals surface area (Å²) in [6.45, 7) is -0.00694. The van der Waals surface area contributed by atoms with Crippen LogP contribution >= 0.6 is 23.1 Å². The molecule has 0 radical (unpaired) electrons. The standard InChI is InChI=1S/C20H23NO5S3/c1-29(24,25)21-10-9-16-7-8-19(28-16)18(22)12-26-20(23)13-27-17-6-5-14-3-2-4-15(14)11-17/h5-8,11,21H,2-4,9-10,12-13H2,1H3. The van der Waals surface area contributed by atoms with E-state index in [0.29, 0.717) is 11.3 Å². The second kappa shape index (κ2) is 9.88. The largest absolute Gasteiger partial charge is 0.457 e. The van der Waals surface area contributed by atoms with E-state index in [9.17, 15) is 18.0 Å². The normalized spacial score (nSPS) is 13.3. The molecule has 9 heteroatoms. The lowest BCUT2D eigenvalue weighted by atomic mass is 10.1. The number of fused-ring (bicyclic) bond motifs is 1. The minimum Gasteiger partial charge on any atom is -0.457 e. The van der Waals surface area contributed by atoms with Crippen molar-refractivity contribution in [3.8, 4) is 0 Å². The van der Waals surface area contributed by atoms with Gasteiger partial charge in [-0.1, -0.05) is 6.07 Å². The molecule has 1 aliphatic rings. The maximum absolute atomic E-state index is 12.2. The minimum absolute atomic E-state index is 0.166. The fraction of sp³-hybridized carbons (Fsp3) is 0.400. The molecule has 2 aromatic rings. The number of aryl methyl sites for hydroxylation is 2. The van der Waals surface area contributed by atoms with E-state index in [0.717, 1.165) is 28.9 Å². The maximum Gasteiger partial charge on any atom is 0.316 e. The third kappa shape index (κ3) is 6.95. The molecule has 0 fully saturated rings. The first-order valence-corrected chi connectivity index (χ1v) is 13.0. The molecule has 0 unspecified atom stereocenters. The molecule has 29 heavy (non-hydrogen) atoms. The van der Waals surface area contributed by atoms with E-state index >= 15 is 0 Å². The number of carbonyl (C=O) groups excluding carboxylic acids is 2. The fourth-order valence-electron chi connectivity index (χ4n) is 3.06. The van der Waals surface area contributed by atoms with Crippen molar-refractivity contribution >= 4 is 44.9 Å². The lowest BCUT2D eigenvalue weighted by Crippen LogP contribution is -2.24. The first-order valence-electron chi connectivity index (χ1n) is 9.27. The van der Waals surface area contributed by atoms with Crippen LogP contribution in [-0.4, -0.2) is 45.3 Å². The van der Waals surface area contributed by atoms with Gasteiger partial charge in [0.05, 0.1) is 16.9 Å². The third-order valence-corrected chi connectivity index (χ3v) is 7.34. The van der Waals surface area contributed by atoms with Crippen LogP contribution in [0.15, 0.2) is 35.2 Å². The van der Waals surface area contributed by atoms with E-state index in [1.807, 2.05) is 6.07 Å². The van der Waals surface area contributed by atoms with Gasteiger partial charge >= 0.3 is 5.97 Å². The molecule has 1 aliphatic carbocycles. The molecule has 0 atom stereocenters. The number of ketones is 1. The lowest BCUT2D eigenvalue weighted by molar-refractivity contribution is -0.139. The number of sulfonamides is 1. The van der Waals surface area contributed by atoms with E-state index in [1.54, 1.807) is 12.1 Å². The third-order valence-electron chi connectivity index (χ3n) is 4.46. The molecule has 1 aromatic heterocycles. The average molecular weight is 454 g/mol. The summed E-state index contributed by atoms with van der Waals surface area (Å²) in [5, 5.41) is 0. The summed E-state index contributed by atoms with van der Waals surface area (Å²) in [7, 11) is -3.22. The van der Waals surface area contributed by atoms with Crippen LogP contribution in [0.4, 0.5) is 0 Å². The Bertz CT molecular complexity index is 997. The highest BCUT2D eigenvalue weighted by molar-refractivity contribution is 8.00. The SMILES string of the molecule is CS(=O)(=O)NCCc1ccc(C(=O)COC(=O)CSc2ccc3c(c2)CCC3)s1. The predicted molar refractivity (Wildman–Crippen MR) is 115 cm³/mol. The average Bonchev–Trinajstić information content (AvgIpc) is 3.32. The number of hydrogen-bond acceptors (Lipinski definition) is 7. The Hall–Kier alpha value is -1.68. The molecule has 1 aromatic carbocycles. The second-order valence-electron chi connectivity index (χ2n) is 6.84. The zero-order valence-electron chi connectivity index (χ0n) is 16.1. The molecule has 6 nitrogen and oxygen atoms in total. The first-order chi connectivity index (χ1) is 13.8. The summed E-state index contributed by atoms with van der Waals surface area (Å²) in [4.78, 5) is 26.6. The lowest BCUT2D eigenvalue weighted by Gasteiger charge is -2.05. The number of hydrogen-bond donors (Lipinski definition) is 1. The highest BCUT2D eigenvalue weighted by atomic mass is 32.2. The Morgan fingerprint density at radius 3 is 2.76 bits per heavy atom. The maximum atomic E-state index is 12.2. The number of Topliss-reactive ketones (excluding diaryl/α,β-unsaturated/α-hetero) is 1. The predicted octanol–water partition coefficient (Wildman–Crippen LogP) is 2.85. The molecule has 0 aliphatic heterocycles. The molecule has 0 saturated heterocycles. The summed E-state index contributed by atoms with van der Waals surface area (Å²) in [6, 6.07) is 9.75. The van der Waals surface area contributed by atoms with E-state index in [1.165, 1.54) is 40.6 Å². The van der Waals surface area contributed by atoms with Crippen LogP contribution in [0.2, 0.25) is 0 Å². The zero-order valence-corrected chi connectivity index (χ0v) is 18.6. The van der Waals surface area contributed by atoms with Crippen LogP contribution in [0.25, 0.3) is 0 Å². The molecule has 1 N–H and O–H groups in total. The quantitative estimate of drug-likeness (QED) is 0.338. The minimum atomic E-state index is -3.22. The Morgan fingerprint density at radius 2 is 1.97 bits per heavy atom. The number of carbonyl (C=O) groups is 2. The van der Waals surface area contributed by atoms with Crippen LogP contribution in [-0.2, 0) is 38.8 Å². The topological polar surface area (TPSA) is 89.5 Å². The molecule has 0 amide bonds. The van der Waals surface area contributed by atoms with Crippen LogP contribution < -0.4 is 4.72 Å². The van der Waals surface area contributed by atoms with Gasteiger partial charge in [-0.05, 0) is 61.1 Å². The highest BCUT2D eigenvalue weighted by Gasteiger charge is 2.14. The summed E-state index contributed by atoms with van der Waals surface area (Å²) < 4.78 is 29.7. The van der Waals surface area contributed by atoms with E-state index in [4.69, 9.17) is 4.74 Å². The first kappa shape index (κ1) is 22.0. The molecular weight excluding hydrogens is 430 g/mol. The molecule has 1 heterocycles. The smallest absolute Gasteiger partial charge is 0.316 e. The second-order valence-corrected chi connectivity index (χ2v) is 10.9. The van der Waals surface area contributed by atoms with Gasteiger partial charge in [-0.3, -0.25) is 9.59 Å². The summed E-state index contributed by atoms with van der Waals surface area (Å²) in [6.07, 6.45) is 5.01. The number of thioether (sulfide) groups is 1. The van der Waals surface area contributed by atoms with Crippen molar-refractivity contribution in [3.05, 3.63) is 51.2 Å². The molecule has 0 saturated carbocycles. The van der Waals surface area contributed by atoms with E-state index < -0.39 is 16.0 Å². The Labute approximate surface area is 179 Å². The summed E-state index contributed by atoms with van der Waals surface area (Å²) >= 11 is 2.70.